The first kappa shape index (κ1) is 15.6. The number of sulfone groups is 1. The lowest BCUT2D eigenvalue weighted by Gasteiger charge is -2.05. The summed E-state index contributed by atoms with van der Waals surface area (Å²) in [6.07, 6.45) is 0. The summed E-state index contributed by atoms with van der Waals surface area (Å²) < 4.78 is 22.8. The van der Waals surface area contributed by atoms with Crippen molar-refractivity contribution in [1.82, 2.24) is 10.3 Å². The zero-order valence-corrected chi connectivity index (χ0v) is 13.3. The van der Waals surface area contributed by atoms with Crippen molar-refractivity contribution in [1.29, 1.82) is 0 Å². The lowest BCUT2D eigenvalue weighted by molar-refractivity contribution is 0.0956. The molecule has 1 aromatic heterocycles. The highest BCUT2D eigenvalue weighted by Gasteiger charge is 2.11. The minimum absolute atomic E-state index is 0.0280. The second-order valence-electron chi connectivity index (χ2n) is 5.13. The van der Waals surface area contributed by atoms with Crippen LogP contribution < -0.4 is 5.32 Å². The van der Waals surface area contributed by atoms with Crippen LogP contribution in [0.4, 0.5) is 0 Å². The number of aromatic amines is 1. The molecule has 6 heteroatoms. The van der Waals surface area contributed by atoms with Gasteiger partial charge in [0.1, 0.15) is 0 Å². The molecule has 21 heavy (non-hydrogen) atoms. The number of aryl methyl sites for hydroxylation is 2. The van der Waals surface area contributed by atoms with Gasteiger partial charge in [0.25, 0.3) is 5.91 Å². The highest BCUT2D eigenvalue weighted by atomic mass is 32.2. The van der Waals surface area contributed by atoms with Gasteiger partial charge in [-0.15, -0.1) is 0 Å². The number of benzene rings is 1. The van der Waals surface area contributed by atoms with Crippen LogP contribution in [0.2, 0.25) is 0 Å². The Morgan fingerprint density at radius 2 is 2.00 bits per heavy atom. The SMILES string of the molecule is CCS(=O)(=O)CCNC(=O)c1ccc2[nH]c(C)c(C)c2c1. The monoisotopic (exact) mass is 308 g/mol. The number of hydrogen-bond donors (Lipinski definition) is 2. The largest absolute Gasteiger partial charge is 0.358 e. The van der Waals surface area contributed by atoms with Gasteiger partial charge in [0.15, 0.2) is 9.84 Å². The fourth-order valence-electron chi connectivity index (χ4n) is 2.17. The van der Waals surface area contributed by atoms with E-state index >= 15 is 0 Å². The average Bonchev–Trinajstić information content (AvgIpc) is 2.73. The van der Waals surface area contributed by atoms with E-state index < -0.39 is 9.84 Å². The Morgan fingerprint density at radius 1 is 1.29 bits per heavy atom. The van der Waals surface area contributed by atoms with Crippen LogP contribution >= 0.6 is 0 Å². The Morgan fingerprint density at radius 3 is 2.67 bits per heavy atom. The number of rotatable bonds is 5. The standard InChI is InChI=1S/C15H20N2O3S/c1-4-21(19,20)8-7-16-15(18)12-5-6-14-13(9-12)10(2)11(3)17-14/h5-6,9,17H,4,7-8H2,1-3H3,(H,16,18). The molecular formula is C15H20N2O3S. The quantitative estimate of drug-likeness (QED) is 0.886. The Kier molecular flexibility index (Phi) is 4.37. The molecule has 5 nitrogen and oxygen atoms in total. The smallest absolute Gasteiger partial charge is 0.251 e. The third-order valence-electron chi connectivity index (χ3n) is 3.71. The summed E-state index contributed by atoms with van der Waals surface area (Å²) in [4.78, 5) is 15.3. The van der Waals surface area contributed by atoms with Crippen molar-refractivity contribution in [2.75, 3.05) is 18.1 Å². The molecule has 0 radical (unpaired) electrons. The number of carbonyl (C=O) groups is 1. The highest BCUT2D eigenvalue weighted by molar-refractivity contribution is 7.91. The maximum absolute atomic E-state index is 12.1. The molecule has 1 heterocycles. The number of hydrogen-bond acceptors (Lipinski definition) is 3. The summed E-state index contributed by atoms with van der Waals surface area (Å²) in [5, 5.41) is 3.67. The number of carbonyl (C=O) groups excluding carboxylic acids is 1. The van der Waals surface area contributed by atoms with Crippen LogP contribution in [-0.2, 0) is 9.84 Å². The molecule has 2 aromatic rings. The molecule has 0 unspecified atom stereocenters. The van der Waals surface area contributed by atoms with Gasteiger partial charge in [-0.1, -0.05) is 6.92 Å². The molecule has 1 aromatic carbocycles. The van der Waals surface area contributed by atoms with Crippen LogP contribution in [0.15, 0.2) is 18.2 Å². The third kappa shape index (κ3) is 3.44. The number of aromatic nitrogens is 1. The lowest BCUT2D eigenvalue weighted by atomic mass is 10.1. The zero-order valence-electron chi connectivity index (χ0n) is 12.5. The molecule has 0 fully saturated rings. The van der Waals surface area contributed by atoms with Crippen molar-refractivity contribution in [3.05, 3.63) is 35.0 Å². The van der Waals surface area contributed by atoms with E-state index in [1.165, 1.54) is 0 Å². The van der Waals surface area contributed by atoms with Crippen LogP contribution in [0.3, 0.4) is 0 Å². The number of fused-ring (bicyclic) bond motifs is 1. The first-order valence-electron chi connectivity index (χ1n) is 6.91. The van der Waals surface area contributed by atoms with Crippen LogP contribution in [0.5, 0.6) is 0 Å². The molecule has 1 amide bonds. The molecule has 0 aliphatic carbocycles. The minimum Gasteiger partial charge on any atom is -0.358 e. The highest BCUT2D eigenvalue weighted by Crippen LogP contribution is 2.22. The summed E-state index contributed by atoms with van der Waals surface area (Å²) in [7, 11) is -3.06. The van der Waals surface area contributed by atoms with Gasteiger partial charge in [-0.3, -0.25) is 4.79 Å². The number of amides is 1. The van der Waals surface area contributed by atoms with Gasteiger partial charge in [0.05, 0.1) is 5.75 Å². The maximum atomic E-state index is 12.1. The van der Waals surface area contributed by atoms with E-state index in [1.54, 1.807) is 13.0 Å². The Bertz CT molecular complexity index is 776. The minimum atomic E-state index is -3.06. The molecule has 0 atom stereocenters. The van der Waals surface area contributed by atoms with Gasteiger partial charge in [-0.2, -0.15) is 0 Å². The van der Waals surface area contributed by atoms with Crippen LogP contribution in [0.25, 0.3) is 10.9 Å². The Hall–Kier alpha value is -1.82. The molecule has 0 bridgehead atoms. The Balaban J connectivity index is 2.11. The van der Waals surface area contributed by atoms with Crippen molar-refractivity contribution >= 4 is 26.6 Å². The summed E-state index contributed by atoms with van der Waals surface area (Å²) in [5.74, 6) is -0.183. The van der Waals surface area contributed by atoms with E-state index in [0.29, 0.717) is 5.56 Å². The fraction of sp³-hybridized carbons (Fsp3) is 0.400. The van der Waals surface area contributed by atoms with E-state index in [-0.39, 0.29) is 24.0 Å². The molecule has 0 saturated heterocycles. The van der Waals surface area contributed by atoms with Crippen molar-refractivity contribution in [2.24, 2.45) is 0 Å². The predicted molar refractivity (Wildman–Crippen MR) is 84.4 cm³/mol. The lowest BCUT2D eigenvalue weighted by Crippen LogP contribution is -2.29. The first-order valence-corrected chi connectivity index (χ1v) is 8.73. The van der Waals surface area contributed by atoms with Gasteiger partial charge in [0, 0.05) is 34.5 Å². The Labute approximate surface area is 124 Å². The van der Waals surface area contributed by atoms with Crippen LogP contribution in [0.1, 0.15) is 28.5 Å². The molecule has 0 aliphatic rings. The number of H-pyrrole nitrogens is 1. The topological polar surface area (TPSA) is 79.0 Å². The van der Waals surface area contributed by atoms with Gasteiger partial charge < -0.3 is 10.3 Å². The first-order chi connectivity index (χ1) is 9.84. The number of nitrogens with one attached hydrogen (secondary N) is 2. The third-order valence-corrected chi connectivity index (χ3v) is 5.41. The summed E-state index contributed by atoms with van der Waals surface area (Å²) in [5.41, 5.74) is 3.73. The summed E-state index contributed by atoms with van der Waals surface area (Å²) >= 11 is 0. The zero-order chi connectivity index (χ0) is 15.6. The van der Waals surface area contributed by atoms with E-state index in [9.17, 15) is 13.2 Å². The van der Waals surface area contributed by atoms with Gasteiger partial charge in [-0.25, -0.2) is 8.42 Å². The van der Waals surface area contributed by atoms with Crippen LogP contribution in [0, 0.1) is 13.8 Å². The second kappa shape index (κ2) is 5.89. The predicted octanol–water partition coefficient (Wildman–Crippen LogP) is 1.95. The van der Waals surface area contributed by atoms with E-state index in [4.69, 9.17) is 0 Å². The molecule has 2 N–H and O–H groups in total. The molecule has 0 aliphatic heterocycles. The van der Waals surface area contributed by atoms with Gasteiger partial charge >= 0.3 is 0 Å². The summed E-state index contributed by atoms with van der Waals surface area (Å²) in [6, 6.07) is 5.44. The molecule has 2 rings (SSSR count). The molecular weight excluding hydrogens is 288 g/mol. The van der Waals surface area contributed by atoms with Crippen molar-refractivity contribution in [2.45, 2.75) is 20.8 Å². The van der Waals surface area contributed by atoms with E-state index in [0.717, 1.165) is 22.2 Å². The fourth-order valence-corrected chi connectivity index (χ4v) is 2.87. The summed E-state index contributed by atoms with van der Waals surface area (Å²) in [6.45, 7) is 5.73. The van der Waals surface area contributed by atoms with Crippen molar-refractivity contribution < 1.29 is 13.2 Å². The van der Waals surface area contributed by atoms with Crippen LogP contribution in [-0.4, -0.2) is 37.4 Å². The molecule has 114 valence electrons. The van der Waals surface area contributed by atoms with Crippen molar-refractivity contribution in [3.63, 3.8) is 0 Å². The normalized spacial score (nSPS) is 11.8. The van der Waals surface area contributed by atoms with Gasteiger partial charge in [0.2, 0.25) is 0 Å². The van der Waals surface area contributed by atoms with E-state index in [2.05, 4.69) is 10.3 Å². The molecule has 0 spiro atoms. The average molecular weight is 308 g/mol. The second-order valence-corrected chi connectivity index (χ2v) is 7.60. The maximum Gasteiger partial charge on any atom is 0.251 e. The van der Waals surface area contributed by atoms with Crippen molar-refractivity contribution in [3.8, 4) is 0 Å². The molecule has 0 saturated carbocycles. The van der Waals surface area contributed by atoms with E-state index in [1.807, 2.05) is 26.0 Å². The van der Waals surface area contributed by atoms with Gasteiger partial charge in [-0.05, 0) is 37.6 Å².